The first-order valence-corrected chi connectivity index (χ1v) is 7.12. The summed E-state index contributed by atoms with van der Waals surface area (Å²) in [5.41, 5.74) is 0. The van der Waals surface area contributed by atoms with Gasteiger partial charge in [-0.05, 0) is 32.1 Å². The minimum absolute atomic E-state index is 0.0612. The van der Waals surface area contributed by atoms with Gasteiger partial charge >= 0.3 is 0 Å². The van der Waals surface area contributed by atoms with Gasteiger partial charge in [0.1, 0.15) is 0 Å². The summed E-state index contributed by atoms with van der Waals surface area (Å²) in [6, 6.07) is 0. The monoisotopic (exact) mass is 228 g/mol. The van der Waals surface area contributed by atoms with Crippen molar-refractivity contribution < 1.29 is 9.84 Å². The van der Waals surface area contributed by atoms with Gasteiger partial charge in [0.15, 0.2) is 0 Å². The van der Waals surface area contributed by atoms with Crippen molar-refractivity contribution in [2.45, 2.75) is 83.3 Å². The van der Waals surface area contributed by atoms with E-state index in [2.05, 4.69) is 6.92 Å². The van der Waals surface area contributed by atoms with Gasteiger partial charge in [0.2, 0.25) is 0 Å². The first-order valence-electron chi connectivity index (χ1n) is 7.12. The highest BCUT2D eigenvalue weighted by Gasteiger charge is 2.19. The summed E-state index contributed by atoms with van der Waals surface area (Å²) in [4.78, 5) is 0. The Kier molecular flexibility index (Phi) is 7.87. The zero-order chi connectivity index (χ0) is 11.6. The van der Waals surface area contributed by atoms with Gasteiger partial charge in [-0.1, -0.05) is 39.0 Å². The van der Waals surface area contributed by atoms with Crippen LogP contribution in [-0.4, -0.2) is 23.9 Å². The van der Waals surface area contributed by atoms with E-state index in [1.54, 1.807) is 0 Å². The Hall–Kier alpha value is -0.0800. The van der Waals surface area contributed by atoms with Crippen LogP contribution in [-0.2, 0) is 4.74 Å². The standard InChI is InChI=1S/C14H28O2/c1-2-3-4-5-6-7-12-16-14-10-8-13(15)9-11-14/h13-15H,2-12H2,1H3. The third kappa shape index (κ3) is 6.49. The lowest BCUT2D eigenvalue weighted by Crippen LogP contribution is -2.24. The third-order valence-electron chi connectivity index (χ3n) is 3.50. The van der Waals surface area contributed by atoms with Gasteiger partial charge < -0.3 is 9.84 Å². The third-order valence-corrected chi connectivity index (χ3v) is 3.50. The number of aliphatic hydroxyl groups excluding tert-OH is 1. The van der Waals surface area contributed by atoms with Crippen molar-refractivity contribution in [3.05, 3.63) is 0 Å². The van der Waals surface area contributed by atoms with Crippen LogP contribution >= 0.6 is 0 Å². The molecule has 2 heteroatoms. The molecule has 0 aliphatic heterocycles. The molecule has 0 aromatic rings. The summed E-state index contributed by atoms with van der Waals surface area (Å²) >= 11 is 0. The molecule has 0 heterocycles. The average Bonchev–Trinajstić information content (AvgIpc) is 2.30. The maximum Gasteiger partial charge on any atom is 0.0577 e. The summed E-state index contributed by atoms with van der Waals surface area (Å²) in [6.07, 6.45) is 12.3. The van der Waals surface area contributed by atoms with Crippen LogP contribution in [0.5, 0.6) is 0 Å². The van der Waals surface area contributed by atoms with Crippen LogP contribution in [0.25, 0.3) is 0 Å². The normalized spacial score (nSPS) is 25.9. The minimum atomic E-state index is -0.0612. The molecule has 96 valence electrons. The van der Waals surface area contributed by atoms with Gasteiger partial charge in [-0.15, -0.1) is 0 Å². The molecule has 0 radical (unpaired) electrons. The first-order chi connectivity index (χ1) is 7.83. The molecule has 0 amide bonds. The Balaban J connectivity index is 1.84. The van der Waals surface area contributed by atoms with E-state index in [-0.39, 0.29) is 6.10 Å². The fraction of sp³-hybridized carbons (Fsp3) is 1.00. The van der Waals surface area contributed by atoms with Gasteiger partial charge in [-0.3, -0.25) is 0 Å². The molecule has 2 nitrogen and oxygen atoms in total. The molecule has 1 aliphatic rings. The second kappa shape index (κ2) is 9.00. The summed E-state index contributed by atoms with van der Waals surface area (Å²) in [6.45, 7) is 3.17. The first kappa shape index (κ1) is 14.0. The topological polar surface area (TPSA) is 29.5 Å². The van der Waals surface area contributed by atoms with Crippen LogP contribution in [0.15, 0.2) is 0 Å². The molecule has 0 atom stereocenters. The molecule has 16 heavy (non-hydrogen) atoms. The summed E-state index contributed by atoms with van der Waals surface area (Å²) < 4.78 is 5.83. The van der Waals surface area contributed by atoms with Crippen molar-refractivity contribution in [1.29, 1.82) is 0 Å². The number of rotatable bonds is 8. The van der Waals surface area contributed by atoms with Crippen molar-refractivity contribution in [3.63, 3.8) is 0 Å². The van der Waals surface area contributed by atoms with Gasteiger partial charge in [0, 0.05) is 6.61 Å². The highest BCUT2D eigenvalue weighted by atomic mass is 16.5. The molecule has 1 rings (SSSR count). The van der Waals surface area contributed by atoms with Crippen molar-refractivity contribution in [2.24, 2.45) is 0 Å². The molecule has 0 saturated heterocycles. The van der Waals surface area contributed by atoms with E-state index >= 15 is 0 Å². The fourth-order valence-corrected chi connectivity index (χ4v) is 2.34. The highest BCUT2D eigenvalue weighted by Crippen LogP contribution is 2.21. The van der Waals surface area contributed by atoms with Crippen molar-refractivity contribution in [1.82, 2.24) is 0 Å². The number of hydrogen-bond acceptors (Lipinski definition) is 2. The van der Waals surface area contributed by atoms with Crippen LogP contribution in [0.1, 0.15) is 71.1 Å². The Morgan fingerprint density at radius 1 is 0.938 bits per heavy atom. The van der Waals surface area contributed by atoms with E-state index in [0.29, 0.717) is 6.10 Å². The molecule has 0 aromatic heterocycles. The summed E-state index contributed by atoms with van der Waals surface area (Å²) in [5.74, 6) is 0. The molecule has 1 fully saturated rings. The predicted molar refractivity (Wildman–Crippen MR) is 67.6 cm³/mol. The Morgan fingerprint density at radius 3 is 2.25 bits per heavy atom. The molecule has 0 spiro atoms. The van der Waals surface area contributed by atoms with Crippen molar-refractivity contribution >= 4 is 0 Å². The van der Waals surface area contributed by atoms with Crippen LogP contribution in [0.3, 0.4) is 0 Å². The molecular formula is C14H28O2. The summed E-state index contributed by atoms with van der Waals surface area (Å²) in [5, 5.41) is 9.36. The van der Waals surface area contributed by atoms with E-state index < -0.39 is 0 Å². The Morgan fingerprint density at radius 2 is 1.56 bits per heavy atom. The highest BCUT2D eigenvalue weighted by molar-refractivity contribution is 4.71. The molecule has 1 N–H and O–H groups in total. The maximum atomic E-state index is 9.36. The maximum absolute atomic E-state index is 9.36. The smallest absolute Gasteiger partial charge is 0.0577 e. The van der Waals surface area contributed by atoms with Gasteiger partial charge in [-0.25, -0.2) is 0 Å². The SMILES string of the molecule is CCCCCCCCOC1CCC(O)CC1. The minimum Gasteiger partial charge on any atom is -0.393 e. The Bertz CT molecular complexity index is 151. The molecule has 0 unspecified atom stereocenters. The Labute approximate surface area is 100 Å². The van der Waals surface area contributed by atoms with Gasteiger partial charge in [0.25, 0.3) is 0 Å². The molecule has 1 saturated carbocycles. The van der Waals surface area contributed by atoms with E-state index in [1.165, 1.54) is 38.5 Å². The second-order valence-corrected chi connectivity index (χ2v) is 5.07. The lowest BCUT2D eigenvalue weighted by atomic mass is 9.95. The zero-order valence-electron chi connectivity index (χ0n) is 10.8. The van der Waals surface area contributed by atoms with Crippen LogP contribution in [0.2, 0.25) is 0 Å². The number of ether oxygens (including phenoxy) is 1. The molecule has 1 aliphatic carbocycles. The number of unbranched alkanes of at least 4 members (excludes halogenated alkanes) is 5. The van der Waals surface area contributed by atoms with Gasteiger partial charge in [0.05, 0.1) is 12.2 Å². The van der Waals surface area contributed by atoms with E-state index in [1.807, 2.05) is 0 Å². The van der Waals surface area contributed by atoms with E-state index in [9.17, 15) is 5.11 Å². The van der Waals surface area contributed by atoms with E-state index in [4.69, 9.17) is 4.74 Å². The van der Waals surface area contributed by atoms with Crippen LogP contribution in [0, 0.1) is 0 Å². The second-order valence-electron chi connectivity index (χ2n) is 5.07. The lowest BCUT2D eigenvalue weighted by Gasteiger charge is -2.25. The number of aliphatic hydroxyl groups is 1. The van der Waals surface area contributed by atoms with Crippen LogP contribution in [0.4, 0.5) is 0 Å². The molecule has 0 bridgehead atoms. The quantitative estimate of drug-likeness (QED) is 0.642. The van der Waals surface area contributed by atoms with Crippen molar-refractivity contribution in [3.8, 4) is 0 Å². The predicted octanol–water partition coefficient (Wildman–Crippen LogP) is 3.67. The zero-order valence-corrected chi connectivity index (χ0v) is 10.8. The summed E-state index contributed by atoms with van der Waals surface area (Å²) in [7, 11) is 0. The molecule has 0 aromatic carbocycles. The van der Waals surface area contributed by atoms with Gasteiger partial charge in [-0.2, -0.15) is 0 Å². The van der Waals surface area contributed by atoms with Crippen molar-refractivity contribution in [2.75, 3.05) is 6.61 Å². The van der Waals surface area contributed by atoms with E-state index in [0.717, 1.165) is 32.3 Å². The average molecular weight is 228 g/mol. The largest absolute Gasteiger partial charge is 0.393 e. The number of hydrogen-bond donors (Lipinski definition) is 1. The lowest BCUT2D eigenvalue weighted by molar-refractivity contribution is -0.00447. The fourth-order valence-electron chi connectivity index (χ4n) is 2.34. The van der Waals surface area contributed by atoms with Crippen LogP contribution < -0.4 is 0 Å². The molecular weight excluding hydrogens is 200 g/mol.